The number of rotatable bonds is 2. The second kappa shape index (κ2) is 4.72. The summed E-state index contributed by atoms with van der Waals surface area (Å²) < 4.78 is 27.6. The lowest BCUT2D eigenvalue weighted by molar-refractivity contribution is -0.124. The predicted octanol–water partition coefficient (Wildman–Crippen LogP) is 2.55. The van der Waals surface area contributed by atoms with Crippen LogP contribution in [0.25, 0.3) is 0 Å². The minimum atomic E-state index is -3.80. The van der Waals surface area contributed by atoms with Crippen molar-refractivity contribution in [2.45, 2.75) is 32.6 Å². The van der Waals surface area contributed by atoms with Crippen LogP contribution in [0, 0.1) is 6.92 Å². The van der Waals surface area contributed by atoms with Gasteiger partial charge in [0.15, 0.2) is 0 Å². The topological polar surface area (TPSA) is 63.7 Å². The van der Waals surface area contributed by atoms with Crippen molar-refractivity contribution in [2.24, 2.45) is 0 Å². The predicted molar refractivity (Wildman–Crippen MR) is 77.2 cm³/mol. The van der Waals surface area contributed by atoms with Gasteiger partial charge in [-0.2, -0.15) is 13.5 Å². The number of anilines is 1. The molecule has 0 spiro atoms. The Balaban J connectivity index is 2.69. The number of carbonyl (C=O) groups is 1. The summed E-state index contributed by atoms with van der Waals surface area (Å²) >= 11 is 6.08. The standard InChI is InChI=1S/C13H16ClNO4S/c1-8-10(14)6-5-9-12(8)15(19-20(4,17)18)11(16)7-13(9,2)3/h5-6H,7H2,1-4H3. The van der Waals surface area contributed by atoms with E-state index in [2.05, 4.69) is 0 Å². The number of halogens is 1. The van der Waals surface area contributed by atoms with E-state index < -0.39 is 21.4 Å². The maximum atomic E-state index is 12.2. The third-order valence-electron chi connectivity index (χ3n) is 3.33. The molecule has 0 unspecified atom stereocenters. The fourth-order valence-electron chi connectivity index (χ4n) is 2.37. The fraction of sp³-hybridized carbons (Fsp3) is 0.462. The lowest BCUT2D eigenvalue weighted by Gasteiger charge is -2.38. The van der Waals surface area contributed by atoms with Gasteiger partial charge in [0.2, 0.25) is 0 Å². The van der Waals surface area contributed by atoms with Crippen LogP contribution in [0.2, 0.25) is 5.02 Å². The van der Waals surface area contributed by atoms with Crippen molar-refractivity contribution in [3.05, 3.63) is 28.3 Å². The number of amides is 1. The van der Waals surface area contributed by atoms with Gasteiger partial charge < -0.3 is 0 Å². The average Bonchev–Trinajstić information content (AvgIpc) is 2.26. The molecular weight excluding hydrogens is 302 g/mol. The number of hydrogen-bond acceptors (Lipinski definition) is 4. The van der Waals surface area contributed by atoms with Crippen molar-refractivity contribution < 1.29 is 17.5 Å². The molecule has 0 aliphatic carbocycles. The van der Waals surface area contributed by atoms with Gasteiger partial charge in [-0.05, 0) is 24.1 Å². The highest BCUT2D eigenvalue weighted by molar-refractivity contribution is 7.86. The number of hydroxylamine groups is 1. The molecule has 1 aromatic carbocycles. The first-order chi connectivity index (χ1) is 9.03. The van der Waals surface area contributed by atoms with Crippen LogP contribution in [0.1, 0.15) is 31.4 Å². The molecule has 0 saturated heterocycles. The van der Waals surface area contributed by atoms with Crippen molar-refractivity contribution in [1.82, 2.24) is 0 Å². The van der Waals surface area contributed by atoms with E-state index in [0.29, 0.717) is 16.3 Å². The second-order valence-corrected chi connectivity index (χ2v) is 7.56. The normalized spacial score (nSPS) is 18.1. The van der Waals surface area contributed by atoms with Crippen molar-refractivity contribution >= 4 is 33.3 Å². The lowest BCUT2D eigenvalue weighted by atomic mass is 9.77. The van der Waals surface area contributed by atoms with Crippen LogP contribution in [0.3, 0.4) is 0 Å². The highest BCUT2D eigenvalue weighted by atomic mass is 35.5. The first-order valence-electron chi connectivity index (χ1n) is 6.05. The van der Waals surface area contributed by atoms with Crippen LogP contribution in [-0.4, -0.2) is 20.6 Å². The van der Waals surface area contributed by atoms with Crippen LogP contribution < -0.4 is 5.06 Å². The largest absolute Gasteiger partial charge is 0.285 e. The number of benzene rings is 1. The van der Waals surface area contributed by atoms with Crippen molar-refractivity contribution in [2.75, 3.05) is 11.3 Å². The summed E-state index contributed by atoms with van der Waals surface area (Å²) in [5, 5.41) is 1.30. The maximum Gasteiger partial charge on any atom is 0.285 e. The Morgan fingerprint density at radius 1 is 1.35 bits per heavy atom. The van der Waals surface area contributed by atoms with Crippen LogP contribution in [0.4, 0.5) is 5.69 Å². The number of nitrogens with zero attached hydrogens (tertiary/aromatic N) is 1. The molecule has 20 heavy (non-hydrogen) atoms. The molecular formula is C13H16ClNO4S. The van der Waals surface area contributed by atoms with E-state index in [1.165, 1.54) is 0 Å². The van der Waals surface area contributed by atoms with Gasteiger partial charge in [-0.25, -0.2) is 0 Å². The summed E-state index contributed by atoms with van der Waals surface area (Å²) in [7, 11) is -3.80. The van der Waals surface area contributed by atoms with E-state index in [1.807, 2.05) is 13.8 Å². The molecule has 0 atom stereocenters. The zero-order valence-electron chi connectivity index (χ0n) is 11.7. The molecule has 1 aromatic rings. The molecule has 0 N–H and O–H groups in total. The van der Waals surface area contributed by atoms with Gasteiger partial charge >= 0.3 is 0 Å². The molecule has 7 heteroatoms. The minimum absolute atomic E-state index is 0.163. The molecule has 1 aliphatic rings. The quantitative estimate of drug-likeness (QED) is 0.841. The summed E-state index contributed by atoms with van der Waals surface area (Å²) in [6.45, 7) is 5.58. The summed E-state index contributed by atoms with van der Waals surface area (Å²) in [6, 6.07) is 3.54. The summed E-state index contributed by atoms with van der Waals surface area (Å²) in [5.41, 5.74) is 1.47. The molecule has 110 valence electrons. The van der Waals surface area contributed by atoms with E-state index in [-0.39, 0.29) is 6.42 Å². The molecule has 2 rings (SSSR count). The molecule has 0 radical (unpaired) electrons. The van der Waals surface area contributed by atoms with Crippen molar-refractivity contribution in [3.63, 3.8) is 0 Å². The zero-order valence-corrected chi connectivity index (χ0v) is 13.3. The minimum Gasteiger partial charge on any atom is -0.272 e. The van der Waals surface area contributed by atoms with Crippen LogP contribution in [-0.2, 0) is 24.6 Å². The van der Waals surface area contributed by atoms with E-state index >= 15 is 0 Å². The molecule has 0 aromatic heterocycles. The van der Waals surface area contributed by atoms with Gasteiger partial charge in [0.25, 0.3) is 16.0 Å². The van der Waals surface area contributed by atoms with E-state index in [1.54, 1.807) is 19.1 Å². The number of carbonyl (C=O) groups excluding carboxylic acids is 1. The molecule has 1 aliphatic heterocycles. The Bertz CT molecular complexity index is 682. The Morgan fingerprint density at radius 3 is 2.50 bits per heavy atom. The Hall–Kier alpha value is -1.11. The van der Waals surface area contributed by atoms with Crippen LogP contribution in [0.15, 0.2) is 12.1 Å². The molecule has 0 saturated carbocycles. The van der Waals surface area contributed by atoms with E-state index in [9.17, 15) is 13.2 Å². The SMILES string of the molecule is Cc1c(Cl)ccc2c1N(OS(C)(=O)=O)C(=O)CC2(C)C. The van der Waals surface area contributed by atoms with Gasteiger partial charge in [-0.1, -0.05) is 31.5 Å². The van der Waals surface area contributed by atoms with Crippen molar-refractivity contribution in [3.8, 4) is 0 Å². The highest BCUT2D eigenvalue weighted by Crippen LogP contribution is 2.44. The molecule has 1 amide bonds. The monoisotopic (exact) mass is 317 g/mol. The van der Waals surface area contributed by atoms with E-state index in [0.717, 1.165) is 16.9 Å². The van der Waals surface area contributed by atoms with Gasteiger partial charge in [-0.3, -0.25) is 4.79 Å². The van der Waals surface area contributed by atoms with Crippen LogP contribution in [0.5, 0.6) is 0 Å². The second-order valence-electron chi connectivity index (χ2n) is 5.60. The Labute approximate surface area is 123 Å². The Morgan fingerprint density at radius 2 is 1.95 bits per heavy atom. The average molecular weight is 318 g/mol. The van der Waals surface area contributed by atoms with E-state index in [4.69, 9.17) is 15.9 Å². The molecule has 5 nitrogen and oxygen atoms in total. The Kier molecular flexibility index (Phi) is 3.60. The number of fused-ring (bicyclic) bond motifs is 1. The first kappa shape index (κ1) is 15.3. The molecule has 0 bridgehead atoms. The lowest BCUT2D eigenvalue weighted by Crippen LogP contribution is -2.43. The summed E-state index contributed by atoms with van der Waals surface area (Å²) in [6.07, 6.45) is 1.07. The van der Waals surface area contributed by atoms with Gasteiger partial charge in [0.05, 0.1) is 11.9 Å². The van der Waals surface area contributed by atoms with Gasteiger partial charge in [0.1, 0.15) is 0 Å². The third-order valence-corrected chi connectivity index (χ3v) is 4.16. The highest BCUT2D eigenvalue weighted by Gasteiger charge is 2.40. The fourth-order valence-corrected chi connectivity index (χ4v) is 2.95. The number of hydrogen-bond donors (Lipinski definition) is 0. The first-order valence-corrected chi connectivity index (χ1v) is 8.24. The molecule has 1 heterocycles. The summed E-state index contributed by atoms with van der Waals surface area (Å²) in [4.78, 5) is 12.2. The summed E-state index contributed by atoms with van der Waals surface area (Å²) in [5.74, 6) is -0.404. The molecule has 0 fully saturated rings. The zero-order chi connectivity index (χ0) is 15.3. The smallest absolute Gasteiger partial charge is 0.272 e. The van der Waals surface area contributed by atoms with Crippen LogP contribution >= 0.6 is 11.6 Å². The van der Waals surface area contributed by atoms with Gasteiger partial charge in [-0.15, -0.1) is 4.28 Å². The van der Waals surface area contributed by atoms with Crippen molar-refractivity contribution in [1.29, 1.82) is 0 Å². The van der Waals surface area contributed by atoms with Gasteiger partial charge in [0, 0.05) is 16.9 Å². The maximum absolute atomic E-state index is 12.2. The third kappa shape index (κ3) is 2.68.